The third kappa shape index (κ3) is 4.93. The number of hydrogen-bond donors (Lipinski definition) is 1. The molecule has 0 fully saturated rings. The molecule has 1 aromatic carbocycles. The molecule has 7 nitrogen and oxygen atoms in total. The fourth-order valence-electron chi connectivity index (χ4n) is 2.40. The zero-order chi connectivity index (χ0) is 21.0. The Morgan fingerprint density at radius 3 is 2.52 bits per heavy atom. The van der Waals surface area contributed by atoms with Crippen LogP contribution in [0.15, 0.2) is 48.1 Å². The van der Waals surface area contributed by atoms with Gasteiger partial charge in [-0.05, 0) is 18.2 Å². The van der Waals surface area contributed by atoms with Crippen LogP contribution in [0.5, 0.6) is 0 Å². The van der Waals surface area contributed by atoms with Gasteiger partial charge >= 0.3 is 6.18 Å². The molecule has 3 aromatic rings. The minimum absolute atomic E-state index is 0.0865. The highest BCUT2D eigenvalue weighted by molar-refractivity contribution is 7.13. The van der Waals surface area contributed by atoms with Crippen LogP contribution in [0.25, 0.3) is 10.8 Å². The van der Waals surface area contributed by atoms with Gasteiger partial charge in [0.2, 0.25) is 5.91 Å². The third-order valence-electron chi connectivity index (χ3n) is 3.71. The maximum Gasteiger partial charge on any atom is 0.418 e. The van der Waals surface area contributed by atoms with Crippen molar-refractivity contribution in [2.75, 3.05) is 18.9 Å². The zero-order valence-corrected chi connectivity index (χ0v) is 15.8. The van der Waals surface area contributed by atoms with Crippen molar-refractivity contribution < 1.29 is 22.8 Å². The fraction of sp³-hybridized carbons (Fsp3) is 0.167. The first-order valence-electron chi connectivity index (χ1n) is 8.20. The molecule has 150 valence electrons. The first kappa shape index (κ1) is 20.4. The van der Waals surface area contributed by atoms with Crippen LogP contribution in [0.2, 0.25) is 0 Å². The maximum absolute atomic E-state index is 13.0. The molecular formula is C18H14F3N5O2S. The van der Waals surface area contributed by atoms with E-state index in [1.807, 2.05) is 0 Å². The molecule has 2 amide bonds. The molecule has 0 unspecified atom stereocenters. The van der Waals surface area contributed by atoms with Gasteiger partial charge in [0.05, 0.1) is 17.8 Å². The van der Waals surface area contributed by atoms with Gasteiger partial charge in [-0.3, -0.25) is 9.59 Å². The maximum atomic E-state index is 13.0. The largest absolute Gasteiger partial charge is 0.418 e. The molecule has 3 rings (SSSR count). The zero-order valence-electron chi connectivity index (χ0n) is 15.0. The van der Waals surface area contributed by atoms with E-state index in [2.05, 4.69) is 20.3 Å². The lowest BCUT2D eigenvalue weighted by Crippen LogP contribution is -2.35. The number of thiazole rings is 1. The number of amides is 2. The lowest BCUT2D eigenvalue weighted by atomic mass is 10.1. The summed E-state index contributed by atoms with van der Waals surface area (Å²) < 4.78 is 39.1. The predicted molar refractivity (Wildman–Crippen MR) is 100 cm³/mol. The topological polar surface area (TPSA) is 88.1 Å². The van der Waals surface area contributed by atoms with E-state index in [1.54, 1.807) is 18.5 Å². The van der Waals surface area contributed by atoms with Crippen molar-refractivity contribution in [1.29, 1.82) is 0 Å². The van der Waals surface area contributed by atoms with E-state index >= 15 is 0 Å². The van der Waals surface area contributed by atoms with Crippen LogP contribution in [0.4, 0.5) is 18.9 Å². The molecule has 2 aromatic heterocycles. The third-order valence-corrected chi connectivity index (χ3v) is 4.55. The Morgan fingerprint density at radius 1 is 1.14 bits per heavy atom. The van der Waals surface area contributed by atoms with E-state index in [0.717, 1.165) is 17.0 Å². The summed E-state index contributed by atoms with van der Waals surface area (Å²) in [4.78, 5) is 37.9. The van der Waals surface area contributed by atoms with Gasteiger partial charge < -0.3 is 10.2 Å². The van der Waals surface area contributed by atoms with Crippen LogP contribution < -0.4 is 5.32 Å². The van der Waals surface area contributed by atoms with E-state index in [4.69, 9.17) is 0 Å². The quantitative estimate of drug-likeness (QED) is 0.683. The number of carbonyl (C=O) groups is 2. The molecule has 0 atom stereocenters. The Balaban J connectivity index is 1.66. The number of carbonyl (C=O) groups excluding carboxylic acids is 2. The lowest BCUT2D eigenvalue weighted by molar-refractivity contribution is -0.137. The number of alkyl halides is 3. The summed E-state index contributed by atoms with van der Waals surface area (Å²) in [5.41, 5.74) is -1.25. The van der Waals surface area contributed by atoms with Crippen molar-refractivity contribution in [3.8, 4) is 10.8 Å². The van der Waals surface area contributed by atoms with Crippen LogP contribution >= 0.6 is 11.3 Å². The fourth-order valence-corrected chi connectivity index (χ4v) is 3.13. The first-order chi connectivity index (χ1) is 13.8. The Hall–Kier alpha value is -3.34. The number of halogens is 3. The number of nitrogens with one attached hydrogen (secondary N) is 1. The summed E-state index contributed by atoms with van der Waals surface area (Å²) in [5.74, 6) is -0.956. The number of benzene rings is 1. The molecule has 1 N–H and O–H groups in total. The van der Waals surface area contributed by atoms with Crippen LogP contribution in [0, 0.1) is 0 Å². The van der Waals surface area contributed by atoms with Crippen LogP contribution in [0.3, 0.4) is 0 Å². The molecule has 0 bridgehead atoms. The lowest BCUT2D eigenvalue weighted by Gasteiger charge is -2.17. The number of likely N-dealkylation sites (N-methyl/N-ethyl adjacent to an activating group) is 1. The van der Waals surface area contributed by atoms with Crippen molar-refractivity contribution in [1.82, 2.24) is 19.9 Å². The second-order valence-corrected chi connectivity index (χ2v) is 6.72. The number of nitrogens with zero attached hydrogens (tertiary/aromatic N) is 4. The van der Waals surface area contributed by atoms with Gasteiger partial charge in [0.15, 0.2) is 10.8 Å². The minimum atomic E-state index is -4.61. The van der Waals surface area contributed by atoms with Crippen molar-refractivity contribution in [2.24, 2.45) is 0 Å². The molecule has 0 aliphatic heterocycles. The smallest absolute Gasteiger partial charge is 0.331 e. The van der Waals surface area contributed by atoms with E-state index < -0.39 is 30.1 Å². The molecule has 2 heterocycles. The van der Waals surface area contributed by atoms with Crippen molar-refractivity contribution >= 4 is 28.8 Å². The van der Waals surface area contributed by atoms with Crippen LogP contribution in [0.1, 0.15) is 16.1 Å². The van der Waals surface area contributed by atoms with Gasteiger partial charge in [-0.1, -0.05) is 12.1 Å². The van der Waals surface area contributed by atoms with Crippen molar-refractivity contribution in [3.63, 3.8) is 0 Å². The van der Waals surface area contributed by atoms with Gasteiger partial charge in [0, 0.05) is 24.8 Å². The van der Waals surface area contributed by atoms with Gasteiger partial charge in [0.25, 0.3) is 5.91 Å². The highest BCUT2D eigenvalue weighted by atomic mass is 32.1. The second-order valence-electron chi connectivity index (χ2n) is 5.86. The molecule has 0 spiro atoms. The molecular weight excluding hydrogens is 407 g/mol. The monoisotopic (exact) mass is 421 g/mol. The van der Waals surface area contributed by atoms with Crippen molar-refractivity contribution in [2.45, 2.75) is 6.18 Å². The number of para-hydroxylation sites is 1. The molecule has 0 aliphatic carbocycles. The molecule has 0 aliphatic rings. The van der Waals surface area contributed by atoms with E-state index in [9.17, 15) is 22.8 Å². The molecule has 0 saturated carbocycles. The Labute approximate surface area is 167 Å². The highest BCUT2D eigenvalue weighted by Gasteiger charge is 2.33. The van der Waals surface area contributed by atoms with Crippen LogP contribution in [-0.4, -0.2) is 45.3 Å². The van der Waals surface area contributed by atoms with E-state index in [1.165, 1.54) is 35.9 Å². The summed E-state index contributed by atoms with van der Waals surface area (Å²) in [6.45, 7) is -0.445. The predicted octanol–water partition coefficient (Wildman–Crippen LogP) is 3.33. The van der Waals surface area contributed by atoms with E-state index in [-0.39, 0.29) is 11.4 Å². The summed E-state index contributed by atoms with van der Waals surface area (Å²) in [7, 11) is 1.36. The first-order valence-corrected chi connectivity index (χ1v) is 9.08. The summed E-state index contributed by atoms with van der Waals surface area (Å²) >= 11 is 1.17. The molecule has 29 heavy (non-hydrogen) atoms. The Bertz CT molecular complexity index is 1020. The second kappa shape index (κ2) is 8.35. The molecule has 0 radical (unpaired) electrons. The number of hydrogen-bond acceptors (Lipinski definition) is 6. The average Bonchev–Trinajstić information content (AvgIpc) is 3.17. The number of aromatic nitrogens is 3. The minimum Gasteiger partial charge on any atom is -0.331 e. The molecule has 11 heteroatoms. The summed E-state index contributed by atoms with van der Waals surface area (Å²) in [6, 6.07) is 6.27. The Morgan fingerprint density at radius 2 is 1.83 bits per heavy atom. The summed E-state index contributed by atoms with van der Waals surface area (Å²) in [6.07, 6.45) is -1.52. The number of anilines is 1. The Kier molecular flexibility index (Phi) is 5.87. The number of rotatable bonds is 5. The normalized spacial score (nSPS) is 11.2. The van der Waals surface area contributed by atoms with Gasteiger partial charge in [-0.2, -0.15) is 13.2 Å². The van der Waals surface area contributed by atoms with Gasteiger partial charge in [0.1, 0.15) is 5.69 Å². The standard InChI is InChI=1S/C18H14F3N5O2S/c1-26(9-14(27)24-12-6-3-2-5-11(12)18(19,20)21)17(28)13-10-29-16(25-13)15-22-7-4-8-23-15/h2-8,10H,9H2,1H3,(H,24,27). The summed E-state index contributed by atoms with van der Waals surface area (Å²) in [5, 5.41) is 4.13. The van der Waals surface area contributed by atoms with Crippen molar-refractivity contribution in [3.05, 3.63) is 59.4 Å². The van der Waals surface area contributed by atoms with E-state index in [0.29, 0.717) is 10.8 Å². The van der Waals surface area contributed by atoms with Crippen LogP contribution in [-0.2, 0) is 11.0 Å². The SMILES string of the molecule is CN(CC(=O)Nc1ccccc1C(F)(F)F)C(=O)c1csc(-c2ncccn2)n1. The van der Waals surface area contributed by atoms with Gasteiger partial charge in [-0.15, -0.1) is 11.3 Å². The van der Waals surface area contributed by atoms with Gasteiger partial charge in [-0.25, -0.2) is 15.0 Å². The average molecular weight is 421 g/mol. The molecule has 0 saturated heterocycles. The highest BCUT2D eigenvalue weighted by Crippen LogP contribution is 2.34.